The number of Topliss-reactive ketones (excluding diaryl/α,β-unsaturated/α-hetero) is 1. The van der Waals surface area contributed by atoms with Crippen LogP contribution in [0, 0.1) is 0 Å². The van der Waals surface area contributed by atoms with Crippen LogP contribution in [0.4, 0.5) is 0 Å². The number of ketones is 1. The molecule has 0 aromatic carbocycles. The fourth-order valence-electron chi connectivity index (χ4n) is 6.85. The Morgan fingerprint density at radius 1 is 0.587 bits per heavy atom. The van der Waals surface area contributed by atoms with Crippen LogP contribution in [-0.4, -0.2) is 248 Å². The van der Waals surface area contributed by atoms with Crippen molar-refractivity contribution in [3.8, 4) is 0 Å². The third-order valence-corrected chi connectivity index (χ3v) is 10.7. The molecule has 0 bridgehead atoms. The Bertz CT molecular complexity index is 1390. The van der Waals surface area contributed by atoms with Crippen LogP contribution in [-0.2, 0) is 47.6 Å². The van der Waals surface area contributed by atoms with Crippen LogP contribution in [0.15, 0.2) is 0 Å². The molecule has 3 aliphatic rings. The van der Waals surface area contributed by atoms with Crippen molar-refractivity contribution in [2.45, 2.75) is 151 Å². The van der Waals surface area contributed by atoms with Crippen molar-refractivity contribution in [1.29, 1.82) is 0 Å². The van der Waals surface area contributed by atoms with E-state index >= 15 is 0 Å². The molecule has 3 aliphatic heterocycles. The average Bonchev–Trinajstić information content (AvgIpc) is 3.25. The van der Waals surface area contributed by atoms with Crippen LogP contribution >= 0.6 is 0 Å². The van der Waals surface area contributed by atoms with E-state index in [9.17, 15) is 75.3 Å². The standard InChI is InChI=1S/C38H68N4O21/c1-3-21(45)7-5-4-6-9-39-24(46)13-42(14-25(47)40-10-12-59-36-33(55)30(52)27(49)19(2)61-36)15-26(48)41-20(18-60-38-35(57)32(54)29(51)23(17-44)63-38)8-11-58-37-34(56)31(53)28(50)22(16-43)62-37/h19-20,22-23,27-38,43-44,49-57H,3-18H2,1-2H3,(H,39,46)(H,40,47)(H,41,48)/t19-,20+,22+,23+,27+,28+,29+,30+,31-,32-,33-,34-,35-,36+,37-,38-/m0/s1. The van der Waals surface area contributed by atoms with Crippen LogP contribution in [0.5, 0.6) is 0 Å². The molecule has 0 radical (unpaired) electrons. The molecule has 366 valence electrons. The molecule has 0 spiro atoms. The highest BCUT2D eigenvalue weighted by atomic mass is 16.7. The van der Waals surface area contributed by atoms with Crippen molar-refractivity contribution in [2.24, 2.45) is 0 Å². The third-order valence-electron chi connectivity index (χ3n) is 10.7. The first kappa shape index (κ1) is 54.7. The number of unbranched alkanes of at least 4 members (excludes halogenated alkanes) is 2. The summed E-state index contributed by atoms with van der Waals surface area (Å²) < 4.78 is 32.8. The summed E-state index contributed by atoms with van der Waals surface area (Å²) in [6.45, 7) is -0.540. The van der Waals surface area contributed by atoms with Crippen LogP contribution in [0.25, 0.3) is 0 Å². The molecule has 3 fully saturated rings. The second kappa shape index (κ2) is 27.7. The largest absolute Gasteiger partial charge is 0.394 e. The summed E-state index contributed by atoms with van der Waals surface area (Å²) in [7, 11) is 0. The van der Waals surface area contributed by atoms with Crippen molar-refractivity contribution in [2.75, 3.05) is 65.8 Å². The van der Waals surface area contributed by atoms with E-state index in [0.717, 1.165) is 0 Å². The van der Waals surface area contributed by atoms with Crippen LogP contribution in [0.2, 0.25) is 0 Å². The summed E-state index contributed by atoms with van der Waals surface area (Å²) in [6.07, 6.45) is -20.0. The first-order valence-corrected chi connectivity index (χ1v) is 21.1. The lowest BCUT2D eigenvalue weighted by molar-refractivity contribution is -0.304. The Hall–Kier alpha value is -2.64. The smallest absolute Gasteiger partial charge is 0.234 e. The van der Waals surface area contributed by atoms with Gasteiger partial charge in [-0.05, 0) is 26.2 Å². The Labute approximate surface area is 364 Å². The minimum Gasteiger partial charge on any atom is -0.394 e. The Morgan fingerprint density at radius 2 is 1.08 bits per heavy atom. The van der Waals surface area contributed by atoms with Crippen molar-refractivity contribution in [3.05, 3.63) is 0 Å². The normalized spacial score (nSPS) is 34.0. The van der Waals surface area contributed by atoms with Crippen LogP contribution in [0.1, 0.15) is 52.4 Å². The van der Waals surface area contributed by atoms with E-state index in [1.165, 1.54) is 11.8 Å². The highest BCUT2D eigenvalue weighted by Crippen LogP contribution is 2.24. The average molecular weight is 917 g/mol. The number of aliphatic hydroxyl groups is 11. The molecule has 0 aliphatic carbocycles. The molecular formula is C38H68N4O21. The minimum atomic E-state index is -1.79. The van der Waals surface area contributed by atoms with E-state index in [2.05, 4.69) is 16.0 Å². The number of carbonyl (C=O) groups is 4. The number of carbonyl (C=O) groups excluding carboxylic acids is 4. The van der Waals surface area contributed by atoms with Gasteiger partial charge in [-0.1, -0.05) is 13.3 Å². The van der Waals surface area contributed by atoms with Gasteiger partial charge >= 0.3 is 0 Å². The number of hydrogen-bond donors (Lipinski definition) is 14. The Balaban J connectivity index is 1.67. The quantitative estimate of drug-likeness (QED) is 0.0340. The zero-order valence-electron chi connectivity index (χ0n) is 35.5. The Kier molecular flexibility index (Phi) is 24.1. The van der Waals surface area contributed by atoms with Gasteiger partial charge in [0.05, 0.1) is 64.8 Å². The fourth-order valence-corrected chi connectivity index (χ4v) is 6.85. The number of nitrogens with zero attached hydrogens (tertiary/aromatic N) is 1. The number of nitrogens with one attached hydrogen (secondary N) is 3. The first-order valence-electron chi connectivity index (χ1n) is 21.1. The molecule has 63 heavy (non-hydrogen) atoms. The van der Waals surface area contributed by atoms with Gasteiger partial charge in [-0.2, -0.15) is 0 Å². The van der Waals surface area contributed by atoms with Gasteiger partial charge in [0.2, 0.25) is 17.7 Å². The number of rotatable bonds is 27. The molecule has 3 heterocycles. The van der Waals surface area contributed by atoms with E-state index in [0.29, 0.717) is 32.1 Å². The monoisotopic (exact) mass is 916 g/mol. The van der Waals surface area contributed by atoms with Crippen molar-refractivity contribution in [1.82, 2.24) is 20.9 Å². The van der Waals surface area contributed by atoms with Gasteiger partial charge in [-0.15, -0.1) is 0 Å². The molecule has 3 amide bonds. The molecule has 0 aromatic rings. The Morgan fingerprint density at radius 3 is 1.63 bits per heavy atom. The van der Waals surface area contributed by atoms with Crippen molar-refractivity contribution >= 4 is 23.5 Å². The first-order chi connectivity index (χ1) is 29.9. The van der Waals surface area contributed by atoms with E-state index < -0.39 is 155 Å². The number of hydrogen-bond acceptors (Lipinski definition) is 22. The van der Waals surface area contributed by atoms with Crippen molar-refractivity contribution in [3.63, 3.8) is 0 Å². The molecule has 3 rings (SSSR count). The highest BCUT2D eigenvalue weighted by molar-refractivity contribution is 5.84. The second-order valence-corrected chi connectivity index (χ2v) is 15.8. The maximum atomic E-state index is 13.6. The summed E-state index contributed by atoms with van der Waals surface area (Å²) in [5.41, 5.74) is 0. The molecular weight excluding hydrogens is 848 g/mol. The molecule has 14 N–H and O–H groups in total. The molecule has 25 heteroatoms. The van der Waals surface area contributed by atoms with Crippen molar-refractivity contribution < 1.29 is 104 Å². The summed E-state index contributed by atoms with van der Waals surface area (Å²) in [5, 5.41) is 119. The summed E-state index contributed by atoms with van der Waals surface area (Å²) in [6, 6.07) is -1.05. The predicted molar refractivity (Wildman–Crippen MR) is 211 cm³/mol. The zero-order chi connectivity index (χ0) is 46.8. The maximum absolute atomic E-state index is 13.6. The van der Waals surface area contributed by atoms with Gasteiger partial charge in [0.15, 0.2) is 18.9 Å². The van der Waals surface area contributed by atoms with E-state index in [1.54, 1.807) is 6.92 Å². The summed E-state index contributed by atoms with van der Waals surface area (Å²) in [5.74, 6) is -1.80. The second-order valence-electron chi connectivity index (χ2n) is 15.8. The van der Waals surface area contributed by atoms with Crippen LogP contribution < -0.4 is 16.0 Å². The minimum absolute atomic E-state index is 0.128. The lowest BCUT2D eigenvalue weighted by atomic mass is 9.99. The summed E-state index contributed by atoms with van der Waals surface area (Å²) >= 11 is 0. The lowest BCUT2D eigenvalue weighted by Crippen LogP contribution is -2.60. The van der Waals surface area contributed by atoms with E-state index in [-0.39, 0.29) is 38.5 Å². The maximum Gasteiger partial charge on any atom is 0.234 e. The van der Waals surface area contributed by atoms with Gasteiger partial charge in [-0.3, -0.25) is 24.1 Å². The zero-order valence-corrected chi connectivity index (χ0v) is 35.5. The van der Waals surface area contributed by atoms with E-state index in [4.69, 9.17) is 28.4 Å². The molecule has 16 atom stereocenters. The molecule has 25 nitrogen and oxygen atoms in total. The number of aliphatic hydroxyl groups excluding tert-OH is 11. The van der Waals surface area contributed by atoms with Gasteiger partial charge in [0.1, 0.15) is 72.9 Å². The third kappa shape index (κ3) is 17.3. The lowest BCUT2D eigenvalue weighted by Gasteiger charge is -2.40. The molecule has 0 aromatic heterocycles. The summed E-state index contributed by atoms with van der Waals surface area (Å²) in [4.78, 5) is 52.5. The molecule has 0 unspecified atom stereocenters. The van der Waals surface area contributed by atoms with Crippen LogP contribution in [0.3, 0.4) is 0 Å². The molecule has 3 saturated heterocycles. The van der Waals surface area contributed by atoms with E-state index in [1.807, 2.05) is 0 Å². The number of ether oxygens (including phenoxy) is 6. The van der Waals surface area contributed by atoms with Gasteiger partial charge in [0.25, 0.3) is 0 Å². The van der Waals surface area contributed by atoms with Gasteiger partial charge in [-0.25, -0.2) is 0 Å². The van der Waals surface area contributed by atoms with Gasteiger partial charge in [0, 0.05) is 25.9 Å². The predicted octanol–water partition coefficient (Wildman–Crippen LogP) is -7.59. The fraction of sp³-hybridized carbons (Fsp3) is 0.895. The van der Waals surface area contributed by atoms with Gasteiger partial charge < -0.3 is 101 Å². The molecule has 0 saturated carbocycles. The topological polar surface area (TPSA) is 386 Å². The highest BCUT2D eigenvalue weighted by Gasteiger charge is 2.46. The SMILES string of the molecule is CCC(=O)CCCCCNC(=O)CN(CC(=O)NCCO[C@@H]1O[C@@H](C)[C@@H](O)[C@@H](O)[C@@H]1O)CC(=O)N[C@H](CCO[C@H]1O[C@H](CO)[C@@H](O)[C@H](O)[C@@H]1O)CO[C@H]1O[C@H](CO)[C@@H](O)[C@H](O)[C@@H]1O. The number of amides is 3.